The molecule has 0 amide bonds. The first-order valence-electron chi connectivity index (χ1n) is 3.40. The van der Waals surface area contributed by atoms with Crippen molar-refractivity contribution in [2.75, 3.05) is 6.54 Å². The van der Waals surface area contributed by atoms with Crippen LogP contribution in [0, 0.1) is 0 Å². The van der Waals surface area contributed by atoms with Gasteiger partial charge in [-0.15, -0.1) is 13.2 Å². The summed E-state index contributed by atoms with van der Waals surface area (Å²) in [6.07, 6.45) is 3.75. The van der Waals surface area contributed by atoms with Crippen LogP contribution in [-0.2, 0) is 4.79 Å². The lowest BCUT2D eigenvalue weighted by molar-refractivity contribution is -0.0979. The summed E-state index contributed by atoms with van der Waals surface area (Å²) in [5.74, 6) is 0. The van der Waals surface area contributed by atoms with E-state index in [0.29, 0.717) is 0 Å². The molecule has 0 aromatic carbocycles. The summed E-state index contributed by atoms with van der Waals surface area (Å²) in [6, 6.07) is 0. The number of hydrogen-bond donors (Lipinski definition) is 1. The third-order valence-corrected chi connectivity index (χ3v) is 0.808. The van der Waals surface area contributed by atoms with E-state index in [1.54, 1.807) is 0 Å². The Morgan fingerprint density at radius 1 is 1.20 bits per heavy atom. The van der Waals surface area contributed by atoms with Gasteiger partial charge in [0.2, 0.25) is 0 Å². The van der Waals surface area contributed by atoms with Crippen molar-refractivity contribution in [2.45, 2.75) is 26.2 Å². The summed E-state index contributed by atoms with van der Waals surface area (Å²) in [5, 5.41) is 0. The Balaban J connectivity index is -0.000000105. The third kappa shape index (κ3) is 53.2. The molecule has 0 atom stereocenters. The maximum Gasteiger partial charge on any atom is 0.106 e. The zero-order valence-corrected chi connectivity index (χ0v) is 6.94. The monoisotopic (exact) mass is 145 g/mol. The van der Waals surface area contributed by atoms with E-state index in [2.05, 4.69) is 20.1 Å². The molecule has 0 heterocycles. The standard InChI is InChI=1S/C5H13N.C2H4.CH2O/c1-2-3-4-5-6;2*1-2/h2-6H2,1H3;1-2H2;1H2. The molecule has 0 spiro atoms. The second-order valence-electron chi connectivity index (χ2n) is 1.50. The van der Waals surface area contributed by atoms with Gasteiger partial charge in [0.15, 0.2) is 0 Å². The number of rotatable bonds is 3. The molecule has 0 aliphatic rings. The van der Waals surface area contributed by atoms with Gasteiger partial charge in [-0.05, 0) is 13.0 Å². The number of hydrogen-bond acceptors (Lipinski definition) is 2. The Bertz CT molecular complexity index is 34.2. The fourth-order valence-electron chi connectivity index (χ4n) is 0.394. The van der Waals surface area contributed by atoms with Crippen molar-refractivity contribution in [3.05, 3.63) is 13.2 Å². The predicted octanol–water partition coefficient (Wildman–Crippen LogP) is 1.75. The highest BCUT2D eigenvalue weighted by atomic mass is 16.1. The zero-order valence-electron chi connectivity index (χ0n) is 6.94. The summed E-state index contributed by atoms with van der Waals surface area (Å²) >= 11 is 0. The van der Waals surface area contributed by atoms with Crippen LogP contribution in [0.25, 0.3) is 0 Å². The van der Waals surface area contributed by atoms with Crippen molar-refractivity contribution in [1.82, 2.24) is 0 Å². The first kappa shape index (κ1) is 16.2. The van der Waals surface area contributed by atoms with Gasteiger partial charge in [0.25, 0.3) is 0 Å². The molecule has 0 aromatic rings. The normalized spacial score (nSPS) is 6.20. The van der Waals surface area contributed by atoms with Gasteiger partial charge in [-0.25, -0.2) is 0 Å². The molecule has 0 unspecified atom stereocenters. The highest BCUT2D eigenvalue weighted by molar-refractivity contribution is 5.10. The first-order chi connectivity index (χ1) is 4.91. The fraction of sp³-hybridized carbons (Fsp3) is 0.625. The molecule has 0 bridgehead atoms. The minimum atomic E-state index is 0.855. The van der Waals surface area contributed by atoms with Crippen LogP contribution in [0.1, 0.15) is 26.2 Å². The van der Waals surface area contributed by atoms with Crippen LogP contribution >= 0.6 is 0 Å². The number of carbonyl (C=O) groups is 1. The number of nitrogens with two attached hydrogens (primary N) is 1. The van der Waals surface area contributed by atoms with Crippen molar-refractivity contribution in [3.8, 4) is 0 Å². The van der Waals surface area contributed by atoms with Crippen LogP contribution < -0.4 is 5.73 Å². The average molecular weight is 145 g/mol. The van der Waals surface area contributed by atoms with E-state index in [1.165, 1.54) is 19.3 Å². The summed E-state index contributed by atoms with van der Waals surface area (Å²) in [5.41, 5.74) is 5.21. The zero-order chi connectivity index (χ0) is 8.83. The molecule has 2 heteroatoms. The van der Waals surface area contributed by atoms with Crippen molar-refractivity contribution in [1.29, 1.82) is 0 Å². The van der Waals surface area contributed by atoms with Gasteiger partial charge in [-0.3, -0.25) is 0 Å². The van der Waals surface area contributed by atoms with Crippen LogP contribution in [0.2, 0.25) is 0 Å². The summed E-state index contributed by atoms with van der Waals surface area (Å²) in [6.45, 7) is 11.0. The molecule has 10 heavy (non-hydrogen) atoms. The van der Waals surface area contributed by atoms with Crippen molar-refractivity contribution < 1.29 is 4.79 Å². The van der Waals surface area contributed by atoms with Gasteiger partial charge in [-0.2, -0.15) is 0 Å². The molecule has 0 saturated heterocycles. The average Bonchev–Trinajstić information content (AvgIpc) is 2.08. The van der Waals surface area contributed by atoms with E-state index in [0.717, 1.165) is 6.54 Å². The Hall–Kier alpha value is -0.630. The van der Waals surface area contributed by atoms with E-state index in [9.17, 15) is 0 Å². The topological polar surface area (TPSA) is 43.1 Å². The molecule has 0 aliphatic heterocycles. The molecule has 62 valence electrons. The van der Waals surface area contributed by atoms with E-state index in [1.807, 2.05) is 6.79 Å². The molecule has 2 N–H and O–H groups in total. The summed E-state index contributed by atoms with van der Waals surface area (Å²) < 4.78 is 0. The van der Waals surface area contributed by atoms with Crippen LogP contribution in [0.4, 0.5) is 0 Å². The predicted molar refractivity (Wildman–Crippen MR) is 47.0 cm³/mol. The van der Waals surface area contributed by atoms with Gasteiger partial charge in [-0.1, -0.05) is 19.8 Å². The second-order valence-corrected chi connectivity index (χ2v) is 1.50. The van der Waals surface area contributed by atoms with E-state index >= 15 is 0 Å². The van der Waals surface area contributed by atoms with Crippen molar-refractivity contribution in [3.63, 3.8) is 0 Å². The maximum absolute atomic E-state index is 8.00. The lowest BCUT2D eigenvalue weighted by atomic mass is 10.3. The molecule has 0 aliphatic carbocycles. The van der Waals surface area contributed by atoms with Gasteiger partial charge in [0.1, 0.15) is 6.79 Å². The molecule has 0 saturated carbocycles. The van der Waals surface area contributed by atoms with Crippen LogP contribution in [-0.4, -0.2) is 13.3 Å². The second kappa shape index (κ2) is 40.0. The molecule has 0 aromatic heterocycles. The fourth-order valence-corrected chi connectivity index (χ4v) is 0.394. The largest absolute Gasteiger partial charge is 0.330 e. The molecule has 0 fully saturated rings. The van der Waals surface area contributed by atoms with Gasteiger partial charge in [0.05, 0.1) is 0 Å². The lowest BCUT2D eigenvalue weighted by Gasteiger charge is -1.86. The Morgan fingerprint density at radius 3 is 1.70 bits per heavy atom. The molecule has 0 radical (unpaired) electrons. The van der Waals surface area contributed by atoms with Crippen molar-refractivity contribution in [2.24, 2.45) is 5.73 Å². The lowest BCUT2D eigenvalue weighted by Crippen LogP contribution is -1.96. The van der Waals surface area contributed by atoms with Gasteiger partial charge < -0.3 is 10.5 Å². The van der Waals surface area contributed by atoms with Crippen LogP contribution in [0.5, 0.6) is 0 Å². The minimum Gasteiger partial charge on any atom is -0.330 e. The number of unbranched alkanes of at least 4 members (excludes halogenated alkanes) is 2. The smallest absolute Gasteiger partial charge is 0.106 e. The molecule has 0 rings (SSSR count). The quantitative estimate of drug-likeness (QED) is 0.485. The maximum atomic E-state index is 8.00. The SMILES string of the molecule is C=C.C=O.CCCCCN. The highest BCUT2D eigenvalue weighted by Crippen LogP contribution is 1.88. The minimum absolute atomic E-state index is 0.855. The molecular weight excluding hydrogens is 126 g/mol. The number of carbonyl (C=O) groups excluding carboxylic acids is 1. The Labute approximate surface area is 64.1 Å². The van der Waals surface area contributed by atoms with E-state index < -0.39 is 0 Å². The van der Waals surface area contributed by atoms with Crippen LogP contribution in [0.3, 0.4) is 0 Å². The highest BCUT2D eigenvalue weighted by Gasteiger charge is 1.75. The summed E-state index contributed by atoms with van der Waals surface area (Å²) in [4.78, 5) is 8.00. The Morgan fingerprint density at radius 2 is 1.60 bits per heavy atom. The van der Waals surface area contributed by atoms with Gasteiger partial charge in [0, 0.05) is 0 Å². The van der Waals surface area contributed by atoms with Crippen LogP contribution in [0.15, 0.2) is 13.2 Å². The van der Waals surface area contributed by atoms with E-state index in [-0.39, 0.29) is 0 Å². The first-order valence-corrected chi connectivity index (χ1v) is 3.40. The molecular formula is C8H19NO. The van der Waals surface area contributed by atoms with Crippen molar-refractivity contribution >= 4 is 6.79 Å². The Kier molecular flexibility index (Phi) is 64.8. The van der Waals surface area contributed by atoms with E-state index in [4.69, 9.17) is 10.5 Å². The third-order valence-electron chi connectivity index (χ3n) is 0.808. The summed E-state index contributed by atoms with van der Waals surface area (Å²) in [7, 11) is 0. The van der Waals surface area contributed by atoms with Gasteiger partial charge >= 0.3 is 0 Å². The molecule has 2 nitrogen and oxygen atoms in total.